The van der Waals surface area contributed by atoms with E-state index in [1.807, 2.05) is 30.3 Å². The number of hydrazone groups is 1. The fourth-order valence-electron chi connectivity index (χ4n) is 2.71. The van der Waals surface area contributed by atoms with Crippen LogP contribution in [0.15, 0.2) is 92.0 Å². The van der Waals surface area contributed by atoms with Crippen molar-refractivity contribution in [3.63, 3.8) is 0 Å². The Morgan fingerprint density at radius 1 is 1.03 bits per heavy atom. The number of hydrogen-bond donors (Lipinski definition) is 2. The summed E-state index contributed by atoms with van der Waals surface area (Å²) in [6.45, 7) is 0.458. The molecule has 0 saturated carbocycles. The van der Waals surface area contributed by atoms with Crippen molar-refractivity contribution in [3.05, 3.63) is 94.5 Å². The first-order chi connectivity index (χ1) is 14.5. The molecule has 0 saturated heterocycles. The lowest BCUT2D eigenvalue weighted by molar-refractivity contribution is 0.306. The standard InChI is InChI=1S/C21H17N3O5S/c25-21-23-19-11-10-18(12-20(19)29-21)30(26,27)24-22-13-15-6-8-17(9-7-15)28-14-16-4-2-1-3-5-16/h1-13,24H,14H2,(H,23,25)/b22-13+. The zero-order valence-corrected chi connectivity index (χ0v) is 16.4. The van der Waals surface area contributed by atoms with Crippen molar-refractivity contribution < 1.29 is 17.6 Å². The van der Waals surface area contributed by atoms with Crippen LogP contribution in [0.1, 0.15) is 11.1 Å². The molecule has 8 nitrogen and oxygen atoms in total. The third kappa shape index (κ3) is 4.58. The van der Waals surface area contributed by atoms with Gasteiger partial charge in [-0.25, -0.2) is 9.63 Å². The Balaban J connectivity index is 1.38. The van der Waals surface area contributed by atoms with Crippen molar-refractivity contribution in [1.29, 1.82) is 0 Å². The van der Waals surface area contributed by atoms with Crippen LogP contribution in [0.4, 0.5) is 0 Å². The van der Waals surface area contributed by atoms with Gasteiger partial charge in [-0.3, -0.25) is 4.98 Å². The lowest BCUT2D eigenvalue weighted by atomic mass is 10.2. The summed E-state index contributed by atoms with van der Waals surface area (Å²) in [6.07, 6.45) is 1.38. The van der Waals surface area contributed by atoms with Crippen molar-refractivity contribution in [2.45, 2.75) is 11.5 Å². The molecule has 152 valence electrons. The molecule has 0 amide bonds. The Morgan fingerprint density at radius 3 is 2.57 bits per heavy atom. The molecule has 0 radical (unpaired) electrons. The van der Waals surface area contributed by atoms with Gasteiger partial charge in [-0.15, -0.1) is 0 Å². The van der Waals surface area contributed by atoms with Crippen molar-refractivity contribution >= 4 is 27.3 Å². The molecular weight excluding hydrogens is 406 g/mol. The smallest absolute Gasteiger partial charge is 0.417 e. The zero-order valence-electron chi connectivity index (χ0n) is 15.6. The van der Waals surface area contributed by atoms with Crippen LogP contribution >= 0.6 is 0 Å². The molecule has 0 atom stereocenters. The number of aromatic amines is 1. The first-order valence-corrected chi connectivity index (χ1v) is 10.4. The van der Waals surface area contributed by atoms with Crippen LogP contribution in [-0.4, -0.2) is 19.6 Å². The van der Waals surface area contributed by atoms with Crippen LogP contribution in [0.2, 0.25) is 0 Å². The average molecular weight is 423 g/mol. The second kappa shape index (κ2) is 8.26. The predicted molar refractivity (Wildman–Crippen MR) is 112 cm³/mol. The molecule has 30 heavy (non-hydrogen) atoms. The number of rotatable bonds is 7. The van der Waals surface area contributed by atoms with Gasteiger partial charge in [0.2, 0.25) is 0 Å². The highest BCUT2D eigenvalue weighted by Crippen LogP contribution is 2.17. The Kier molecular flexibility index (Phi) is 5.36. The second-order valence-electron chi connectivity index (χ2n) is 6.37. The number of hydrogen-bond acceptors (Lipinski definition) is 6. The van der Waals surface area contributed by atoms with E-state index >= 15 is 0 Å². The lowest BCUT2D eigenvalue weighted by Crippen LogP contribution is -2.18. The van der Waals surface area contributed by atoms with Gasteiger partial charge in [0, 0.05) is 6.07 Å². The van der Waals surface area contributed by atoms with Crippen molar-refractivity contribution in [3.8, 4) is 5.75 Å². The summed E-state index contributed by atoms with van der Waals surface area (Å²) in [5, 5.41) is 3.79. The Hall–Kier alpha value is -3.85. The summed E-state index contributed by atoms with van der Waals surface area (Å²) in [5.74, 6) is 0.0413. The van der Waals surface area contributed by atoms with E-state index in [1.54, 1.807) is 24.3 Å². The number of ether oxygens (including phenoxy) is 1. The summed E-state index contributed by atoms with van der Waals surface area (Å²) in [5.41, 5.74) is 2.32. The van der Waals surface area contributed by atoms with Crippen LogP contribution in [0.25, 0.3) is 11.1 Å². The minimum absolute atomic E-state index is 0.0699. The molecule has 1 heterocycles. The van der Waals surface area contributed by atoms with Gasteiger partial charge in [-0.05, 0) is 47.5 Å². The molecule has 4 rings (SSSR count). The highest BCUT2D eigenvalue weighted by molar-refractivity contribution is 7.89. The number of nitrogens with one attached hydrogen (secondary N) is 2. The first kappa shape index (κ1) is 19.5. The topological polar surface area (TPSA) is 114 Å². The number of fused-ring (bicyclic) bond motifs is 1. The normalized spacial score (nSPS) is 11.7. The van der Waals surface area contributed by atoms with Gasteiger partial charge in [0.15, 0.2) is 5.58 Å². The van der Waals surface area contributed by atoms with Gasteiger partial charge in [-0.2, -0.15) is 13.5 Å². The first-order valence-electron chi connectivity index (χ1n) is 8.94. The third-order valence-corrected chi connectivity index (χ3v) is 5.44. The molecule has 2 N–H and O–H groups in total. The van der Waals surface area contributed by atoms with E-state index in [0.717, 1.165) is 5.56 Å². The monoisotopic (exact) mass is 423 g/mol. The largest absolute Gasteiger partial charge is 0.489 e. The minimum Gasteiger partial charge on any atom is -0.489 e. The summed E-state index contributed by atoms with van der Waals surface area (Å²) in [7, 11) is -3.91. The molecule has 3 aromatic carbocycles. The maximum absolute atomic E-state index is 12.4. The van der Waals surface area contributed by atoms with Crippen LogP contribution < -0.4 is 15.3 Å². The molecule has 9 heteroatoms. The predicted octanol–water partition coefficient (Wildman–Crippen LogP) is 3.01. The molecule has 0 unspecified atom stereocenters. The van der Waals surface area contributed by atoms with E-state index in [0.29, 0.717) is 23.4 Å². The van der Waals surface area contributed by atoms with Gasteiger partial charge in [0.1, 0.15) is 12.4 Å². The number of oxazole rings is 1. The fourth-order valence-corrected chi connectivity index (χ4v) is 3.51. The molecule has 0 fully saturated rings. The minimum atomic E-state index is -3.91. The van der Waals surface area contributed by atoms with E-state index in [1.165, 1.54) is 24.4 Å². The van der Waals surface area contributed by atoms with Gasteiger partial charge in [0.25, 0.3) is 10.0 Å². The van der Waals surface area contributed by atoms with Crippen LogP contribution in [0, 0.1) is 0 Å². The molecule has 0 aliphatic heterocycles. The van der Waals surface area contributed by atoms with Gasteiger partial charge in [0.05, 0.1) is 16.6 Å². The molecule has 4 aromatic rings. The van der Waals surface area contributed by atoms with Crippen molar-refractivity contribution in [2.75, 3.05) is 0 Å². The number of sulfonamides is 1. The molecule has 1 aromatic heterocycles. The summed E-state index contributed by atoms with van der Waals surface area (Å²) in [4.78, 5) is 15.7. The number of aromatic nitrogens is 1. The zero-order chi connectivity index (χ0) is 21.0. The van der Waals surface area contributed by atoms with Crippen LogP contribution in [0.3, 0.4) is 0 Å². The van der Waals surface area contributed by atoms with E-state index in [-0.39, 0.29) is 10.5 Å². The molecule has 0 aliphatic carbocycles. The molecular formula is C21H17N3O5S. The quantitative estimate of drug-likeness (QED) is 0.350. The Labute approximate surface area is 171 Å². The Bertz CT molecular complexity index is 1340. The van der Waals surface area contributed by atoms with Gasteiger partial charge < -0.3 is 9.15 Å². The number of H-pyrrole nitrogens is 1. The van der Waals surface area contributed by atoms with E-state index < -0.39 is 15.8 Å². The average Bonchev–Trinajstić information content (AvgIpc) is 3.13. The second-order valence-corrected chi connectivity index (χ2v) is 8.03. The van der Waals surface area contributed by atoms with Gasteiger partial charge in [-0.1, -0.05) is 30.3 Å². The SMILES string of the molecule is O=c1[nH]c2ccc(S(=O)(=O)N/N=C/c3ccc(OCc4ccccc4)cc3)cc2o1. The highest BCUT2D eigenvalue weighted by atomic mass is 32.2. The van der Waals surface area contributed by atoms with E-state index in [4.69, 9.17) is 9.15 Å². The molecule has 0 spiro atoms. The third-order valence-electron chi connectivity index (χ3n) is 4.22. The highest BCUT2D eigenvalue weighted by Gasteiger charge is 2.15. The van der Waals surface area contributed by atoms with Gasteiger partial charge >= 0.3 is 5.76 Å². The summed E-state index contributed by atoms with van der Waals surface area (Å²) < 4.78 is 35.3. The molecule has 0 bridgehead atoms. The maximum atomic E-state index is 12.4. The summed E-state index contributed by atoms with van der Waals surface area (Å²) in [6, 6.07) is 20.9. The van der Waals surface area contributed by atoms with Crippen molar-refractivity contribution in [2.24, 2.45) is 5.10 Å². The number of benzene rings is 3. The van der Waals surface area contributed by atoms with Crippen molar-refractivity contribution in [1.82, 2.24) is 9.82 Å². The van der Waals surface area contributed by atoms with Crippen LogP contribution in [-0.2, 0) is 16.6 Å². The van der Waals surface area contributed by atoms with E-state index in [2.05, 4.69) is 14.9 Å². The maximum Gasteiger partial charge on any atom is 0.417 e. The summed E-state index contributed by atoms with van der Waals surface area (Å²) >= 11 is 0. The van der Waals surface area contributed by atoms with Crippen LogP contribution in [0.5, 0.6) is 5.75 Å². The molecule has 0 aliphatic rings. The fraction of sp³-hybridized carbons (Fsp3) is 0.0476. The number of nitrogens with zero attached hydrogens (tertiary/aromatic N) is 1. The lowest BCUT2D eigenvalue weighted by Gasteiger charge is -2.06. The van der Waals surface area contributed by atoms with E-state index in [9.17, 15) is 13.2 Å². The Morgan fingerprint density at radius 2 is 1.80 bits per heavy atom.